The zero-order chi connectivity index (χ0) is 18.0. The van der Waals surface area contributed by atoms with Crippen molar-refractivity contribution in [3.8, 4) is 0 Å². The van der Waals surface area contributed by atoms with Gasteiger partial charge in [-0.1, -0.05) is 32.1 Å². The lowest BCUT2D eigenvalue weighted by Gasteiger charge is -2.21. The van der Waals surface area contributed by atoms with Crippen LogP contribution in [-0.4, -0.2) is 30.6 Å². The van der Waals surface area contributed by atoms with E-state index in [0.29, 0.717) is 5.65 Å². The maximum absolute atomic E-state index is 12.4. The van der Waals surface area contributed by atoms with E-state index in [2.05, 4.69) is 10.3 Å². The van der Waals surface area contributed by atoms with Crippen LogP contribution < -0.4 is 16.6 Å². The van der Waals surface area contributed by atoms with Gasteiger partial charge in [0, 0.05) is 20.1 Å². The molecule has 0 atom stereocenters. The average molecular weight is 347 g/mol. The van der Waals surface area contributed by atoms with E-state index in [1.807, 2.05) is 0 Å². The highest BCUT2D eigenvalue weighted by Gasteiger charge is 2.18. The largest absolute Gasteiger partial charge is 0.352 e. The summed E-state index contributed by atoms with van der Waals surface area (Å²) in [6, 6.07) is 0.203. The molecule has 3 rings (SSSR count). The molecule has 0 saturated heterocycles. The predicted octanol–water partition coefficient (Wildman–Crippen LogP) is 0.663. The first-order valence-electron chi connectivity index (χ1n) is 8.89. The maximum Gasteiger partial charge on any atom is 0.332 e. The molecule has 1 saturated carbocycles. The third-order valence-corrected chi connectivity index (χ3v) is 5.00. The zero-order valence-corrected chi connectivity index (χ0v) is 14.8. The number of nitrogens with one attached hydrogen (secondary N) is 1. The number of fused-ring (bicyclic) bond motifs is 1. The van der Waals surface area contributed by atoms with Gasteiger partial charge in [-0.3, -0.25) is 18.7 Å². The molecule has 0 aromatic carbocycles. The fourth-order valence-electron chi connectivity index (χ4n) is 3.55. The number of amides is 1. The van der Waals surface area contributed by atoms with Crippen LogP contribution in [0.25, 0.3) is 11.2 Å². The van der Waals surface area contributed by atoms with Gasteiger partial charge >= 0.3 is 5.69 Å². The summed E-state index contributed by atoms with van der Waals surface area (Å²) in [5.41, 5.74) is -0.291. The van der Waals surface area contributed by atoms with Gasteiger partial charge in [-0.15, -0.1) is 0 Å². The Kier molecular flexibility index (Phi) is 5.06. The summed E-state index contributed by atoms with van der Waals surface area (Å²) in [7, 11) is 2.99. The minimum Gasteiger partial charge on any atom is -0.352 e. The maximum atomic E-state index is 12.4. The van der Waals surface area contributed by atoms with Crippen molar-refractivity contribution in [2.75, 3.05) is 0 Å². The van der Waals surface area contributed by atoms with Crippen LogP contribution in [0.2, 0.25) is 0 Å². The Morgan fingerprint density at radius 1 is 1.12 bits per heavy atom. The Labute approximate surface area is 145 Å². The van der Waals surface area contributed by atoms with Crippen LogP contribution in [0, 0.1) is 0 Å². The Morgan fingerprint density at radius 2 is 1.76 bits per heavy atom. The molecule has 0 bridgehead atoms. The number of hydrogen-bond donors (Lipinski definition) is 1. The number of carbonyl (C=O) groups is 1. The molecule has 1 aliphatic carbocycles. The van der Waals surface area contributed by atoms with Crippen LogP contribution in [0.5, 0.6) is 0 Å². The lowest BCUT2D eigenvalue weighted by atomic mass is 9.97. The molecule has 0 aliphatic heterocycles. The van der Waals surface area contributed by atoms with Crippen molar-refractivity contribution in [2.24, 2.45) is 14.1 Å². The highest BCUT2D eigenvalue weighted by molar-refractivity contribution is 5.79. The lowest BCUT2D eigenvalue weighted by Crippen LogP contribution is -2.39. The number of carbonyl (C=O) groups excluding carboxylic acids is 1. The number of aromatic nitrogens is 4. The Bertz CT molecular complexity index is 884. The standard InChI is InChI=1S/C17H25N5O3/c1-20-15-14(16(24)21(2)17(20)25)22(11-18-15)10-13(23)19-12-8-6-4-3-5-7-9-12/h11-12H,3-10H2,1-2H3,(H,19,23). The third-order valence-electron chi connectivity index (χ3n) is 5.00. The summed E-state index contributed by atoms with van der Waals surface area (Å²) in [6.45, 7) is 0.0282. The van der Waals surface area contributed by atoms with Crippen LogP contribution in [0.4, 0.5) is 0 Å². The average Bonchev–Trinajstić information content (AvgIpc) is 2.97. The van der Waals surface area contributed by atoms with Crippen LogP contribution >= 0.6 is 0 Å². The molecule has 0 radical (unpaired) electrons. The fraction of sp³-hybridized carbons (Fsp3) is 0.647. The monoisotopic (exact) mass is 347 g/mol. The molecule has 0 spiro atoms. The number of rotatable bonds is 3. The first-order valence-corrected chi connectivity index (χ1v) is 8.89. The highest BCUT2D eigenvalue weighted by Crippen LogP contribution is 2.17. The first kappa shape index (κ1) is 17.4. The molecule has 2 aromatic heterocycles. The highest BCUT2D eigenvalue weighted by atomic mass is 16.2. The molecule has 8 nitrogen and oxygen atoms in total. The van der Waals surface area contributed by atoms with Crippen molar-refractivity contribution in [1.82, 2.24) is 24.0 Å². The van der Waals surface area contributed by atoms with E-state index >= 15 is 0 Å². The van der Waals surface area contributed by atoms with Crippen molar-refractivity contribution in [3.05, 3.63) is 27.2 Å². The second-order valence-electron chi connectivity index (χ2n) is 6.86. The number of aryl methyl sites for hydroxylation is 1. The second-order valence-corrected chi connectivity index (χ2v) is 6.86. The van der Waals surface area contributed by atoms with Crippen LogP contribution in [0.15, 0.2) is 15.9 Å². The van der Waals surface area contributed by atoms with Crippen LogP contribution in [0.1, 0.15) is 44.9 Å². The van der Waals surface area contributed by atoms with Gasteiger partial charge in [-0.25, -0.2) is 9.78 Å². The summed E-state index contributed by atoms with van der Waals surface area (Å²) >= 11 is 0. The molecule has 0 unspecified atom stereocenters. The topological polar surface area (TPSA) is 90.9 Å². The smallest absolute Gasteiger partial charge is 0.332 e. The van der Waals surface area contributed by atoms with E-state index in [-0.39, 0.29) is 24.0 Å². The molecular weight excluding hydrogens is 322 g/mol. The summed E-state index contributed by atoms with van der Waals surface area (Å²) < 4.78 is 3.88. The molecule has 136 valence electrons. The van der Waals surface area contributed by atoms with Gasteiger partial charge < -0.3 is 9.88 Å². The molecular formula is C17H25N5O3. The second kappa shape index (κ2) is 7.25. The summed E-state index contributed by atoms with van der Waals surface area (Å²) in [6.07, 6.45) is 9.47. The Morgan fingerprint density at radius 3 is 2.44 bits per heavy atom. The summed E-state index contributed by atoms with van der Waals surface area (Å²) in [5.74, 6) is -0.124. The van der Waals surface area contributed by atoms with E-state index in [0.717, 1.165) is 30.3 Å². The van der Waals surface area contributed by atoms with E-state index in [1.54, 1.807) is 7.05 Å². The van der Waals surface area contributed by atoms with Gasteiger partial charge in [0.05, 0.1) is 6.33 Å². The van der Waals surface area contributed by atoms with E-state index in [1.165, 1.54) is 41.8 Å². The Hall–Kier alpha value is -2.38. The number of nitrogens with zero attached hydrogens (tertiary/aromatic N) is 4. The van der Waals surface area contributed by atoms with Gasteiger partial charge in [0.15, 0.2) is 11.2 Å². The molecule has 25 heavy (non-hydrogen) atoms. The lowest BCUT2D eigenvalue weighted by molar-refractivity contribution is -0.122. The van der Waals surface area contributed by atoms with Crippen molar-refractivity contribution >= 4 is 17.1 Å². The molecule has 1 fully saturated rings. The fourth-order valence-corrected chi connectivity index (χ4v) is 3.55. The first-order chi connectivity index (χ1) is 12.0. The summed E-state index contributed by atoms with van der Waals surface area (Å²) in [4.78, 5) is 40.9. The predicted molar refractivity (Wildman–Crippen MR) is 94.5 cm³/mol. The van der Waals surface area contributed by atoms with Crippen molar-refractivity contribution < 1.29 is 4.79 Å². The molecule has 1 N–H and O–H groups in total. The van der Waals surface area contributed by atoms with E-state index in [4.69, 9.17) is 0 Å². The third kappa shape index (κ3) is 3.52. The van der Waals surface area contributed by atoms with Gasteiger partial charge in [0.1, 0.15) is 6.54 Å². The van der Waals surface area contributed by atoms with Crippen molar-refractivity contribution in [3.63, 3.8) is 0 Å². The van der Waals surface area contributed by atoms with Gasteiger partial charge in [0.25, 0.3) is 5.56 Å². The quantitative estimate of drug-likeness (QED) is 0.883. The normalized spacial score (nSPS) is 16.6. The zero-order valence-electron chi connectivity index (χ0n) is 14.8. The minimum absolute atomic E-state index is 0.0282. The van der Waals surface area contributed by atoms with E-state index in [9.17, 15) is 14.4 Å². The number of imidazole rings is 1. The van der Waals surface area contributed by atoms with Crippen molar-refractivity contribution in [2.45, 2.75) is 57.5 Å². The molecule has 2 heterocycles. The molecule has 8 heteroatoms. The Balaban J connectivity index is 1.80. The molecule has 1 aliphatic rings. The molecule has 2 aromatic rings. The van der Waals surface area contributed by atoms with Gasteiger partial charge in [-0.05, 0) is 12.8 Å². The summed E-state index contributed by atoms with van der Waals surface area (Å²) in [5, 5.41) is 3.08. The van der Waals surface area contributed by atoms with Crippen molar-refractivity contribution in [1.29, 1.82) is 0 Å². The molecule has 1 amide bonds. The van der Waals surface area contributed by atoms with Crippen LogP contribution in [0.3, 0.4) is 0 Å². The van der Waals surface area contributed by atoms with Gasteiger partial charge in [0.2, 0.25) is 5.91 Å². The van der Waals surface area contributed by atoms with E-state index < -0.39 is 11.2 Å². The SMILES string of the molecule is Cn1c(=O)c2c(ncn2CC(=O)NC2CCCCCCC2)n(C)c1=O. The van der Waals surface area contributed by atoms with Crippen LogP contribution in [-0.2, 0) is 25.4 Å². The minimum atomic E-state index is -0.436. The number of hydrogen-bond acceptors (Lipinski definition) is 4. The van der Waals surface area contributed by atoms with Gasteiger partial charge in [-0.2, -0.15) is 0 Å².